The molecule has 0 fully saturated rings. The van der Waals surface area contributed by atoms with E-state index in [1.165, 1.54) is 42.6 Å². The third kappa shape index (κ3) is 30.0. The van der Waals surface area contributed by atoms with Gasteiger partial charge in [0.15, 0.2) is 40.4 Å². The minimum atomic E-state index is -1.51. The fourth-order valence-electron chi connectivity index (χ4n) is 7.96. The van der Waals surface area contributed by atoms with E-state index in [9.17, 15) is 13.6 Å². The number of nitrogens with zero attached hydrogens (tertiary/aromatic N) is 10. The van der Waals surface area contributed by atoms with Crippen LogP contribution in [0.5, 0.6) is 23.0 Å². The molecule has 1 amide bonds. The van der Waals surface area contributed by atoms with E-state index in [0.29, 0.717) is 122 Å². The van der Waals surface area contributed by atoms with Crippen molar-refractivity contribution in [1.29, 1.82) is 0 Å². The molecule has 0 saturated carbocycles. The van der Waals surface area contributed by atoms with Gasteiger partial charge in [-0.2, -0.15) is 0 Å². The average Bonchev–Trinajstić information content (AvgIpc) is 1.63. The van der Waals surface area contributed by atoms with Crippen molar-refractivity contribution < 1.29 is 56.8 Å². The molecule has 5 aromatic heterocycles. The number of imidazole rings is 1. The fourth-order valence-corrected chi connectivity index (χ4v) is 9.33. The standard InChI is InChI=1S/C19H15FN4O.C13H13BrN4O2.C12H13BrN4O.C8H11NO.C7H16O3.C6H6BFO2.C4H3Br2N3/c1-25-16-8-2-13(3-9-16)11-24-12-22-18-19(24)23-17(10-21-18)14-4-6-15(20)7-5-14;1-20-10-4-2-9(3-5-10)6-15-13-12(17-8-19)16-7-11(14)18-13;1-18-9-4-2-8(3-5-9)6-16-12-11(14)15-7-10(13)17-12;1-10-8-4-2-7(6-9)3-5-8;1-4-8-7(9-5-2)10-6-3;8-6-3-1-5(2-4-6)7(9)10;5-2-1-8-4(7)3(6)9-2/h2-10,12H,11H2,1H3;2-5,7-8H,6H2,1H3,(H,15,18)(H,16,17,19);2-5,7H,6H2,1H3,(H2,14,15)(H,16,17);2-5H,6,9H2,1H3;7H,4-6H2,1-3H3;1-4,9-10H;1H,(H2,7,8). The highest BCUT2D eigenvalue weighted by Gasteiger charge is 2.13. The summed E-state index contributed by atoms with van der Waals surface area (Å²) >= 11 is 12.8. The molecule has 26 nitrogen and oxygen atoms in total. The Labute approximate surface area is 623 Å². The fraction of sp³-hybridized carbons (Fsp3) is 0.217. The predicted octanol–water partition coefficient (Wildman–Crippen LogP) is 12.2. The summed E-state index contributed by atoms with van der Waals surface area (Å²) in [4.78, 5) is 48.1. The molecular weight excluding hydrogens is 1580 g/mol. The minimum Gasteiger partial charge on any atom is -0.497 e. The lowest BCUT2D eigenvalue weighted by atomic mass is 9.80. The van der Waals surface area contributed by atoms with Crippen molar-refractivity contribution in [2.45, 2.75) is 53.4 Å². The van der Waals surface area contributed by atoms with Crippen molar-refractivity contribution in [1.82, 2.24) is 49.4 Å². The number of nitrogen functional groups attached to an aromatic ring is 2. The van der Waals surface area contributed by atoms with E-state index in [1.807, 2.05) is 122 Å². The maximum atomic E-state index is 13.1. The number of hydrogen-bond donors (Lipinski definition) is 8. The molecule has 6 aromatic carbocycles. The number of carbonyl (C=O) groups excluding carboxylic acids is 1. The van der Waals surface area contributed by atoms with Gasteiger partial charge in [-0.1, -0.05) is 60.7 Å². The molecule has 11 rings (SSSR count). The second-order valence-electron chi connectivity index (χ2n) is 20.1. The van der Waals surface area contributed by atoms with Gasteiger partial charge < -0.3 is 80.9 Å². The second kappa shape index (κ2) is 46.2. The van der Waals surface area contributed by atoms with Gasteiger partial charge in [-0.25, -0.2) is 53.6 Å². The molecule has 33 heteroatoms. The first-order chi connectivity index (χ1) is 49.2. The lowest BCUT2D eigenvalue weighted by Gasteiger charge is -2.15. The summed E-state index contributed by atoms with van der Waals surface area (Å²) in [7, 11) is 5.05. The van der Waals surface area contributed by atoms with E-state index in [-0.39, 0.29) is 11.6 Å². The molecule has 0 aliphatic rings. The summed E-state index contributed by atoms with van der Waals surface area (Å²) in [5.41, 5.74) is 23.9. The first kappa shape index (κ1) is 83.2. The molecule has 0 atom stereocenters. The van der Waals surface area contributed by atoms with Crippen molar-refractivity contribution in [3.63, 3.8) is 0 Å². The summed E-state index contributed by atoms with van der Waals surface area (Å²) < 4.78 is 65.3. The van der Waals surface area contributed by atoms with Gasteiger partial charge in [-0.05, 0) is 197 Å². The van der Waals surface area contributed by atoms with Gasteiger partial charge >= 0.3 is 7.12 Å². The molecule has 0 unspecified atom stereocenters. The van der Waals surface area contributed by atoms with Crippen LogP contribution in [0.25, 0.3) is 22.6 Å². The first-order valence-corrected chi connectivity index (χ1v) is 34.0. The van der Waals surface area contributed by atoms with Crippen LogP contribution < -0.4 is 57.6 Å². The summed E-state index contributed by atoms with van der Waals surface area (Å²) in [5, 5.41) is 25.9. The van der Waals surface area contributed by atoms with Gasteiger partial charge in [0.05, 0.1) is 71.8 Å². The Kier molecular flexibility index (Phi) is 37.7. The lowest BCUT2D eigenvalue weighted by Crippen LogP contribution is -2.29. The van der Waals surface area contributed by atoms with Crippen molar-refractivity contribution in [2.75, 3.05) is 75.7 Å². The number of fused-ring (bicyclic) bond motifs is 1. The normalized spacial score (nSPS) is 10.2. The summed E-state index contributed by atoms with van der Waals surface area (Å²) in [6.45, 7) is 9.50. The summed E-state index contributed by atoms with van der Waals surface area (Å²) in [6.07, 6.45) is 8.57. The Morgan fingerprint density at radius 2 is 0.951 bits per heavy atom. The lowest BCUT2D eigenvalue weighted by molar-refractivity contribution is -0.282. The van der Waals surface area contributed by atoms with Crippen LogP contribution in [0.15, 0.2) is 195 Å². The summed E-state index contributed by atoms with van der Waals surface area (Å²) in [5.74, 6) is 4.91. The highest BCUT2D eigenvalue weighted by atomic mass is 79.9. The van der Waals surface area contributed by atoms with Crippen LogP contribution in [0.2, 0.25) is 0 Å². The number of carbonyl (C=O) groups is 1. The van der Waals surface area contributed by atoms with E-state index in [0.717, 1.165) is 50.8 Å². The zero-order valence-corrected chi connectivity index (χ0v) is 62.9. The molecule has 0 aliphatic carbocycles. The van der Waals surface area contributed by atoms with Crippen molar-refractivity contribution in [3.8, 4) is 34.3 Å². The molecule has 538 valence electrons. The van der Waals surface area contributed by atoms with Crippen molar-refractivity contribution in [3.05, 3.63) is 229 Å². The van der Waals surface area contributed by atoms with Crippen molar-refractivity contribution in [2.24, 2.45) is 5.73 Å². The molecule has 11 aromatic rings. The monoisotopic (exact) mass is 1650 g/mol. The van der Waals surface area contributed by atoms with Gasteiger partial charge in [0.1, 0.15) is 53.0 Å². The van der Waals surface area contributed by atoms with Gasteiger partial charge in [0.2, 0.25) is 6.41 Å². The maximum Gasteiger partial charge on any atom is 0.488 e. The molecule has 11 N–H and O–H groups in total. The van der Waals surface area contributed by atoms with Crippen LogP contribution in [0.3, 0.4) is 0 Å². The number of nitrogens with one attached hydrogen (secondary N) is 3. The molecule has 5 heterocycles. The minimum absolute atomic E-state index is 0.276. The topological polar surface area (TPSA) is 357 Å². The van der Waals surface area contributed by atoms with Crippen LogP contribution in [0, 0.1) is 11.6 Å². The van der Waals surface area contributed by atoms with E-state index < -0.39 is 13.6 Å². The SMILES string of the molecule is CCOC(OCC)OCC.COc1ccc(CN)cc1.COc1ccc(CNc2nc(Br)cnc2N)cc1.COc1ccc(CNc2nc(Br)cnc2NC=O)cc1.COc1ccc(Cn2cnc3ncc(-c4ccc(F)cc4)nc32)cc1.Nc1ncc(Br)nc1Br.OB(O)c1ccc(F)cc1. The maximum absolute atomic E-state index is 13.1. The number of methoxy groups -OCH3 is 4. The molecule has 0 bridgehead atoms. The largest absolute Gasteiger partial charge is 0.497 e. The highest BCUT2D eigenvalue weighted by molar-refractivity contribution is 9.11. The molecule has 0 spiro atoms. The van der Waals surface area contributed by atoms with Gasteiger partial charge in [0, 0.05) is 45.0 Å². The zero-order chi connectivity index (χ0) is 74.2. The van der Waals surface area contributed by atoms with Crippen LogP contribution in [-0.2, 0) is 45.2 Å². The Hall–Kier alpha value is -9.42. The number of hydrogen-bond acceptors (Lipinski definition) is 24. The van der Waals surface area contributed by atoms with E-state index in [4.69, 9.17) is 60.4 Å². The first-order valence-electron chi connectivity index (χ1n) is 30.8. The third-order valence-corrected chi connectivity index (χ3v) is 14.9. The molecule has 0 aliphatic heterocycles. The predicted molar refractivity (Wildman–Crippen MR) is 405 cm³/mol. The van der Waals surface area contributed by atoms with E-state index >= 15 is 0 Å². The number of nitrogens with two attached hydrogens (primary N) is 3. The number of halogens is 6. The average molecular weight is 1660 g/mol. The van der Waals surface area contributed by atoms with Crippen LogP contribution in [0.1, 0.15) is 43.0 Å². The Balaban J connectivity index is 0.000000222. The van der Waals surface area contributed by atoms with Crippen LogP contribution >= 0.6 is 63.7 Å². The van der Waals surface area contributed by atoms with Gasteiger partial charge in [-0.15, -0.1) is 0 Å². The quantitative estimate of drug-likeness (QED) is 0.0167. The smallest absolute Gasteiger partial charge is 0.488 e. The number of amides is 1. The molecule has 0 saturated heterocycles. The van der Waals surface area contributed by atoms with Gasteiger partial charge in [0.25, 0.3) is 6.48 Å². The van der Waals surface area contributed by atoms with Gasteiger partial charge in [-0.3, -0.25) is 4.79 Å². The third-order valence-electron chi connectivity index (χ3n) is 13.1. The number of benzene rings is 6. The summed E-state index contributed by atoms with van der Waals surface area (Å²) in [6, 6.07) is 42.2. The molecular formula is C69H77BBr4F2N16O10. The number of aromatic nitrogens is 10. The van der Waals surface area contributed by atoms with Crippen LogP contribution in [0.4, 0.5) is 37.9 Å². The Morgan fingerprint density at radius 3 is 1.39 bits per heavy atom. The van der Waals surface area contributed by atoms with E-state index in [2.05, 4.69) is 125 Å². The number of anilines is 5. The number of rotatable bonds is 23. The molecule has 102 heavy (non-hydrogen) atoms. The molecule has 0 radical (unpaired) electrons. The van der Waals surface area contributed by atoms with Crippen LogP contribution in [-0.4, -0.2) is 128 Å². The van der Waals surface area contributed by atoms with E-state index in [1.54, 1.807) is 65.5 Å². The van der Waals surface area contributed by atoms with Crippen molar-refractivity contribution >= 4 is 123 Å². The second-order valence-corrected chi connectivity index (χ2v) is 23.3. The number of ether oxygens (including phenoxy) is 7. The zero-order valence-electron chi connectivity index (χ0n) is 56.6. The highest BCUT2D eigenvalue weighted by Crippen LogP contribution is 2.24. The Bertz CT molecular complexity index is 4180. The Morgan fingerprint density at radius 1 is 0.520 bits per heavy atom.